The molecule has 26 heavy (non-hydrogen) atoms. The van der Waals surface area contributed by atoms with Gasteiger partial charge in [-0.2, -0.15) is 0 Å². The number of carbonyl (C=O) groups excluding carboxylic acids is 1. The topological polar surface area (TPSA) is 51.5 Å². The van der Waals surface area contributed by atoms with Crippen molar-refractivity contribution in [1.29, 1.82) is 0 Å². The number of nitrogens with one attached hydrogen (secondary N) is 1. The van der Waals surface area contributed by atoms with Crippen LogP contribution in [0.3, 0.4) is 0 Å². The van der Waals surface area contributed by atoms with Gasteiger partial charge < -0.3 is 14.5 Å². The molecule has 134 valence electrons. The van der Waals surface area contributed by atoms with Crippen molar-refractivity contribution in [2.45, 2.75) is 20.8 Å². The number of halogens is 1. The number of allylic oxidation sites excluding steroid dienone is 1. The van der Waals surface area contributed by atoms with Crippen LogP contribution in [-0.2, 0) is 4.79 Å². The minimum atomic E-state index is -0.400. The minimum Gasteiger partial charge on any atom is -0.493 e. The SMILES string of the molecule is CCOc1cc2occ(C)c2cc1/C(C)=C/C(=O)Nc1cccc(F)c1. The number of ether oxygens (including phenoxy) is 1. The van der Waals surface area contributed by atoms with Crippen LogP contribution in [-0.4, -0.2) is 12.5 Å². The maximum atomic E-state index is 13.2. The summed E-state index contributed by atoms with van der Waals surface area (Å²) in [6, 6.07) is 9.57. The molecule has 0 unspecified atom stereocenters. The standard InChI is InChI=1S/C21H20FNO3/c1-4-25-19-11-20-18(14(3)12-26-20)10-17(19)13(2)8-21(24)23-16-7-5-6-15(22)9-16/h5-12H,4H2,1-3H3,(H,23,24)/b13-8+. The molecule has 3 aromatic rings. The van der Waals surface area contributed by atoms with E-state index in [0.717, 1.165) is 27.7 Å². The molecule has 0 bridgehead atoms. The summed E-state index contributed by atoms with van der Waals surface area (Å²) in [7, 11) is 0. The molecule has 2 aromatic carbocycles. The molecule has 5 heteroatoms. The molecule has 1 aromatic heterocycles. The van der Waals surface area contributed by atoms with Crippen LogP contribution in [0.2, 0.25) is 0 Å². The Balaban J connectivity index is 1.93. The molecule has 1 heterocycles. The predicted molar refractivity (Wildman–Crippen MR) is 101 cm³/mol. The molecule has 4 nitrogen and oxygen atoms in total. The number of hydrogen-bond donors (Lipinski definition) is 1. The zero-order chi connectivity index (χ0) is 18.7. The maximum absolute atomic E-state index is 13.2. The van der Waals surface area contributed by atoms with Gasteiger partial charge in [0.1, 0.15) is 17.1 Å². The van der Waals surface area contributed by atoms with Crippen molar-refractivity contribution in [2.24, 2.45) is 0 Å². The van der Waals surface area contributed by atoms with Crippen LogP contribution in [0.4, 0.5) is 10.1 Å². The summed E-state index contributed by atoms with van der Waals surface area (Å²) >= 11 is 0. The molecular weight excluding hydrogens is 333 g/mol. The number of amides is 1. The van der Waals surface area contributed by atoms with Gasteiger partial charge in [-0.05, 0) is 56.2 Å². The summed E-state index contributed by atoms with van der Waals surface area (Å²) in [5.74, 6) is -0.0794. The van der Waals surface area contributed by atoms with E-state index >= 15 is 0 Å². The average Bonchev–Trinajstić information content (AvgIpc) is 2.94. The van der Waals surface area contributed by atoms with E-state index in [1.54, 1.807) is 18.4 Å². The van der Waals surface area contributed by atoms with E-state index in [2.05, 4.69) is 5.32 Å². The van der Waals surface area contributed by atoms with Crippen LogP contribution in [0.1, 0.15) is 25.0 Å². The Morgan fingerprint density at radius 2 is 2.12 bits per heavy atom. The predicted octanol–water partition coefficient (Wildman–Crippen LogP) is 5.32. The van der Waals surface area contributed by atoms with E-state index in [1.807, 2.05) is 32.9 Å². The van der Waals surface area contributed by atoms with Gasteiger partial charge in [-0.1, -0.05) is 6.07 Å². The van der Waals surface area contributed by atoms with Crippen LogP contribution in [0.25, 0.3) is 16.5 Å². The van der Waals surface area contributed by atoms with Crippen LogP contribution >= 0.6 is 0 Å². The molecule has 0 saturated heterocycles. The van der Waals surface area contributed by atoms with E-state index in [4.69, 9.17) is 9.15 Å². The Hall–Kier alpha value is -3.08. The fourth-order valence-corrected chi connectivity index (χ4v) is 2.78. The highest BCUT2D eigenvalue weighted by molar-refractivity contribution is 6.04. The lowest BCUT2D eigenvalue weighted by Crippen LogP contribution is -2.09. The normalized spacial score (nSPS) is 11.6. The lowest BCUT2D eigenvalue weighted by molar-refractivity contribution is -0.111. The van der Waals surface area contributed by atoms with Crippen molar-refractivity contribution in [1.82, 2.24) is 0 Å². The van der Waals surface area contributed by atoms with Crippen LogP contribution < -0.4 is 10.1 Å². The summed E-state index contributed by atoms with van der Waals surface area (Å²) in [5.41, 5.74) is 3.72. The molecule has 0 saturated carbocycles. The largest absolute Gasteiger partial charge is 0.493 e. The van der Waals surface area contributed by atoms with Gasteiger partial charge in [0, 0.05) is 28.8 Å². The number of rotatable bonds is 5. The molecular formula is C21H20FNO3. The molecule has 0 atom stereocenters. The van der Waals surface area contributed by atoms with Crippen molar-refractivity contribution in [3.63, 3.8) is 0 Å². The Bertz CT molecular complexity index is 988. The van der Waals surface area contributed by atoms with Crippen molar-refractivity contribution in [3.05, 3.63) is 65.7 Å². The van der Waals surface area contributed by atoms with Crippen LogP contribution in [0.5, 0.6) is 5.75 Å². The van der Waals surface area contributed by atoms with Gasteiger partial charge in [0.15, 0.2) is 0 Å². The first-order chi connectivity index (χ1) is 12.5. The van der Waals surface area contributed by atoms with Crippen LogP contribution in [0.15, 0.2) is 53.2 Å². The molecule has 0 aliphatic heterocycles. The van der Waals surface area contributed by atoms with Crippen LogP contribution in [0, 0.1) is 12.7 Å². The Kier molecular flexibility index (Phi) is 5.07. The fourth-order valence-electron chi connectivity index (χ4n) is 2.78. The molecule has 0 spiro atoms. The molecule has 1 N–H and O–H groups in total. The molecule has 0 aliphatic rings. The van der Waals surface area contributed by atoms with Gasteiger partial charge in [-0.3, -0.25) is 4.79 Å². The smallest absolute Gasteiger partial charge is 0.248 e. The maximum Gasteiger partial charge on any atom is 0.248 e. The summed E-state index contributed by atoms with van der Waals surface area (Å²) in [4.78, 5) is 12.3. The summed E-state index contributed by atoms with van der Waals surface area (Å²) < 4.78 is 24.5. The zero-order valence-electron chi connectivity index (χ0n) is 14.9. The third kappa shape index (κ3) is 3.77. The number of hydrogen-bond acceptors (Lipinski definition) is 3. The van der Waals surface area contributed by atoms with Crippen molar-refractivity contribution in [2.75, 3.05) is 11.9 Å². The van der Waals surface area contributed by atoms with E-state index in [-0.39, 0.29) is 5.91 Å². The molecule has 0 aliphatic carbocycles. The van der Waals surface area contributed by atoms with E-state index in [0.29, 0.717) is 18.0 Å². The fraction of sp³-hybridized carbons (Fsp3) is 0.190. The Morgan fingerprint density at radius 3 is 2.85 bits per heavy atom. The van der Waals surface area contributed by atoms with Gasteiger partial charge in [0.2, 0.25) is 5.91 Å². The Labute approximate surface area is 151 Å². The number of anilines is 1. The second-order valence-electron chi connectivity index (χ2n) is 6.02. The Morgan fingerprint density at radius 1 is 1.31 bits per heavy atom. The molecule has 1 amide bonds. The van der Waals surface area contributed by atoms with E-state index < -0.39 is 5.82 Å². The zero-order valence-corrected chi connectivity index (χ0v) is 14.9. The summed E-state index contributed by atoms with van der Waals surface area (Å²) in [6.45, 7) is 6.20. The van der Waals surface area contributed by atoms with Gasteiger partial charge in [0.25, 0.3) is 0 Å². The van der Waals surface area contributed by atoms with Gasteiger partial charge in [-0.15, -0.1) is 0 Å². The molecule has 3 rings (SSSR count). The van der Waals surface area contributed by atoms with Crippen molar-refractivity contribution < 1.29 is 18.3 Å². The quantitative estimate of drug-likeness (QED) is 0.632. The summed E-state index contributed by atoms with van der Waals surface area (Å²) in [6.07, 6.45) is 3.17. The van der Waals surface area contributed by atoms with Crippen molar-refractivity contribution in [3.8, 4) is 5.75 Å². The first-order valence-corrected chi connectivity index (χ1v) is 8.37. The van der Waals surface area contributed by atoms with Gasteiger partial charge >= 0.3 is 0 Å². The first kappa shape index (κ1) is 17.7. The summed E-state index contributed by atoms with van der Waals surface area (Å²) in [5, 5.41) is 3.64. The highest BCUT2D eigenvalue weighted by atomic mass is 19.1. The van der Waals surface area contributed by atoms with Gasteiger partial charge in [-0.25, -0.2) is 4.39 Å². The molecule has 0 radical (unpaired) electrons. The van der Waals surface area contributed by atoms with Gasteiger partial charge in [0.05, 0.1) is 12.9 Å². The third-order valence-corrected chi connectivity index (χ3v) is 4.03. The highest BCUT2D eigenvalue weighted by Crippen LogP contribution is 2.33. The third-order valence-electron chi connectivity index (χ3n) is 4.03. The first-order valence-electron chi connectivity index (χ1n) is 8.37. The number of benzene rings is 2. The lowest BCUT2D eigenvalue weighted by Gasteiger charge is -2.11. The number of aryl methyl sites for hydroxylation is 1. The monoisotopic (exact) mass is 353 g/mol. The minimum absolute atomic E-state index is 0.334. The van der Waals surface area contributed by atoms with E-state index in [9.17, 15) is 9.18 Å². The van der Waals surface area contributed by atoms with E-state index in [1.165, 1.54) is 18.2 Å². The molecule has 0 fully saturated rings. The lowest BCUT2D eigenvalue weighted by atomic mass is 10.0. The number of fused-ring (bicyclic) bond motifs is 1. The second kappa shape index (κ2) is 7.44. The van der Waals surface area contributed by atoms with Crippen molar-refractivity contribution >= 4 is 28.1 Å². The average molecular weight is 353 g/mol. The number of furan rings is 1. The highest BCUT2D eigenvalue weighted by Gasteiger charge is 2.13. The second-order valence-corrected chi connectivity index (χ2v) is 6.02. The number of carbonyl (C=O) groups is 1.